The smallest absolute Gasteiger partial charge is 0.331 e. The number of hydrogen-bond donors (Lipinski definition) is 1. The fourth-order valence-electron chi connectivity index (χ4n) is 3.64. The molecule has 1 N–H and O–H groups in total. The molecule has 2 aromatic rings. The molecular weight excluding hydrogens is 400 g/mol. The summed E-state index contributed by atoms with van der Waals surface area (Å²) in [5, 5.41) is 12.0. The van der Waals surface area contributed by atoms with Crippen LogP contribution in [0, 0.1) is 0 Å². The number of hydrazine groups is 1. The monoisotopic (exact) mass is 426 g/mol. The van der Waals surface area contributed by atoms with Gasteiger partial charge < -0.3 is 14.6 Å². The van der Waals surface area contributed by atoms with Crippen LogP contribution in [0.2, 0.25) is 0 Å². The van der Waals surface area contributed by atoms with Gasteiger partial charge in [-0.25, -0.2) is 14.8 Å². The number of rotatable bonds is 7. The Labute approximate surface area is 180 Å². The number of hydrogen-bond acceptors (Lipinski definition) is 5. The van der Waals surface area contributed by atoms with E-state index in [4.69, 9.17) is 9.47 Å². The van der Waals surface area contributed by atoms with Gasteiger partial charge in [-0.05, 0) is 11.1 Å². The molecule has 1 aliphatic rings. The van der Waals surface area contributed by atoms with E-state index in [-0.39, 0.29) is 19.8 Å². The SMILES string of the molecule is CC(=O)N1C[C@@H](OCc2ccccc2)[C@H](OCc2ccccc2)[C@@H](C(=O)O)N1C(C)=O. The van der Waals surface area contributed by atoms with Crippen LogP contribution in [-0.2, 0) is 37.1 Å². The molecule has 0 aliphatic carbocycles. The summed E-state index contributed by atoms with van der Waals surface area (Å²) in [6, 6.07) is 17.3. The van der Waals surface area contributed by atoms with Gasteiger partial charge in [0.25, 0.3) is 0 Å². The molecule has 0 spiro atoms. The summed E-state index contributed by atoms with van der Waals surface area (Å²) in [7, 11) is 0. The van der Waals surface area contributed by atoms with Crippen molar-refractivity contribution in [2.75, 3.05) is 6.54 Å². The second-order valence-corrected chi connectivity index (χ2v) is 7.34. The van der Waals surface area contributed by atoms with Crippen LogP contribution in [0.15, 0.2) is 60.7 Å². The molecule has 3 rings (SSSR count). The lowest BCUT2D eigenvalue weighted by molar-refractivity contribution is -0.221. The number of carboxylic acid groups (broad SMARTS) is 1. The standard InChI is InChI=1S/C23H26N2O6/c1-16(26)24-13-20(30-14-18-9-5-3-6-10-18)22(21(23(28)29)25(24)17(2)27)31-15-19-11-7-4-8-12-19/h3-12,20-22H,13-15H2,1-2H3,(H,28,29)/t20-,21+,22+/m1/s1. The van der Waals surface area contributed by atoms with Crippen molar-refractivity contribution in [2.45, 2.75) is 45.3 Å². The van der Waals surface area contributed by atoms with Crippen LogP contribution in [0.4, 0.5) is 0 Å². The van der Waals surface area contributed by atoms with Crippen LogP contribution < -0.4 is 0 Å². The number of nitrogens with zero attached hydrogens (tertiary/aromatic N) is 2. The second-order valence-electron chi connectivity index (χ2n) is 7.34. The predicted octanol–water partition coefficient (Wildman–Crippen LogP) is 2.24. The van der Waals surface area contributed by atoms with Crippen LogP contribution in [0.25, 0.3) is 0 Å². The van der Waals surface area contributed by atoms with Crippen molar-refractivity contribution in [3.05, 3.63) is 71.8 Å². The van der Waals surface area contributed by atoms with E-state index in [1.807, 2.05) is 60.7 Å². The van der Waals surface area contributed by atoms with Crippen LogP contribution in [0.5, 0.6) is 0 Å². The molecule has 8 nitrogen and oxygen atoms in total. The Morgan fingerprint density at radius 3 is 1.84 bits per heavy atom. The Balaban J connectivity index is 1.89. The van der Waals surface area contributed by atoms with Crippen molar-refractivity contribution in [1.82, 2.24) is 10.0 Å². The van der Waals surface area contributed by atoms with E-state index in [1.54, 1.807) is 0 Å². The molecule has 1 aliphatic heterocycles. The van der Waals surface area contributed by atoms with Gasteiger partial charge in [-0.1, -0.05) is 60.7 Å². The maximum absolute atomic E-state index is 12.3. The third-order valence-electron chi connectivity index (χ3n) is 5.09. The van der Waals surface area contributed by atoms with Crippen LogP contribution >= 0.6 is 0 Å². The zero-order valence-electron chi connectivity index (χ0n) is 17.5. The van der Waals surface area contributed by atoms with Crippen LogP contribution in [-0.4, -0.2) is 57.7 Å². The molecule has 3 atom stereocenters. The molecule has 1 heterocycles. The van der Waals surface area contributed by atoms with Crippen molar-refractivity contribution < 1.29 is 29.0 Å². The Morgan fingerprint density at radius 2 is 1.39 bits per heavy atom. The van der Waals surface area contributed by atoms with Crippen LogP contribution in [0.3, 0.4) is 0 Å². The predicted molar refractivity (Wildman–Crippen MR) is 111 cm³/mol. The van der Waals surface area contributed by atoms with E-state index in [0.29, 0.717) is 0 Å². The minimum Gasteiger partial charge on any atom is -0.480 e. The number of carbonyl (C=O) groups excluding carboxylic acids is 2. The van der Waals surface area contributed by atoms with E-state index in [0.717, 1.165) is 21.1 Å². The highest BCUT2D eigenvalue weighted by molar-refractivity contribution is 5.86. The van der Waals surface area contributed by atoms with Gasteiger partial charge in [0.15, 0.2) is 6.04 Å². The number of carbonyl (C=O) groups is 3. The Bertz CT molecular complexity index is 905. The van der Waals surface area contributed by atoms with Crippen molar-refractivity contribution in [3.8, 4) is 0 Å². The highest BCUT2D eigenvalue weighted by atomic mass is 16.5. The van der Waals surface area contributed by atoms with Crippen LogP contribution in [0.1, 0.15) is 25.0 Å². The van der Waals surface area contributed by atoms with E-state index in [9.17, 15) is 19.5 Å². The lowest BCUT2D eigenvalue weighted by Crippen LogP contribution is -2.69. The molecule has 164 valence electrons. The second kappa shape index (κ2) is 10.2. The number of amides is 2. The number of ether oxygens (including phenoxy) is 2. The quantitative estimate of drug-likeness (QED) is 0.730. The van der Waals surface area contributed by atoms with E-state index < -0.39 is 36.0 Å². The van der Waals surface area contributed by atoms with Crippen molar-refractivity contribution in [3.63, 3.8) is 0 Å². The summed E-state index contributed by atoms with van der Waals surface area (Å²) in [6.07, 6.45) is -1.72. The summed E-state index contributed by atoms with van der Waals surface area (Å²) in [5.74, 6) is -2.28. The molecule has 0 bridgehead atoms. The molecule has 2 aromatic carbocycles. The average Bonchev–Trinajstić information content (AvgIpc) is 2.76. The minimum atomic E-state index is -1.40. The molecule has 31 heavy (non-hydrogen) atoms. The topological polar surface area (TPSA) is 96.4 Å². The molecule has 0 radical (unpaired) electrons. The zero-order chi connectivity index (χ0) is 22.4. The Morgan fingerprint density at radius 1 is 0.871 bits per heavy atom. The molecule has 0 unspecified atom stereocenters. The molecule has 1 fully saturated rings. The van der Waals surface area contributed by atoms with E-state index in [1.165, 1.54) is 13.8 Å². The maximum Gasteiger partial charge on any atom is 0.331 e. The minimum absolute atomic E-state index is 0.00494. The number of aliphatic carboxylic acids is 1. The fraction of sp³-hybridized carbons (Fsp3) is 0.348. The van der Waals surface area contributed by atoms with E-state index in [2.05, 4.69) is 0 Å². The van der Waals surface area contributed by atoms with Gasteiger partial charge >= 0.3 is 5.97 Å². The average molecular weight is 426 g/mol. The summed E-state index contributed by atoms with van der Waals surface area (Å²) >= 11 is 0. The highest BCUT2D eigenvalue weighted by Crippen LogP contribution is 2.26. The summed E-state index contributed by atoms with van der Waals surface area (Å²) in [5.41, 5.74) is 1.76. The van der Waals surface area contributed by atoms with Gasteiger partial charge in [0.05, 0.1) is 19.8 Å². The molecule has 8 heteroatoms. The first-order chi connectivity index (χ1) is 14.9. The van der Waals surface area contributed by atoms with Gasteiger partial charge in [0, 0.05) is 13.8 Å². The highest BCUT2D eigenvalue weighted by Gasteiger charge is 2.49. The first kappa shape index (κ1) is 22.5. The number of benzene rings is 2. The van der Waals surface area contributed by atoms with E-state index >= 15 is 0 Å². The fourth-order valence-corrected chi connectivity index (χ4v) is 3.64. The Hall–Kier alpha value is -3.23. The van der Waals surface area contributed by atoms with Crippen molar-refractivity contribution in [1.29, 1.82) is 0 Å². The first-order valence-corrected chi connectivity index (χ1v) is 10.00. The maximum atomic E-state index is 12.3. The third-order valence-corrected chi connectivity index (χ3v) is 5.09. The van der Waals surface area contributed by atoms with Gasteiger partial charge in [-0.2, -0.15) is 0 Å². The van der Waals surface area contributed by atoms with Gasteiger partial charge in [-0.15, -0.1) is 0 Å². The molecule has 2 amide bonds. The third kappa shape index (κ3) is 5.48. The molecular formula is C23H26N2O6. The summed E-state index contributed by atoms with van der Waals surface area (Å²) in [4.78, 5) is 36.7. The summed E-state index contributed by atoms with van der Waals surface area (Å²) < 4.78 is 12.1. The van der Waals surface area contributed by atoms with Gasteiger partial charge in [-0.3, -0.25) is 9.59 Å². The Kier molecular flexibility index (Phi) is 7.38. The molecule has 0 aromatic heterocycles. The largest absolute Gasteiger partial charge is 0.480 e. The van der Waals surface area contributed by atoms with Gasteiger partial charge in [0.2, 0.25) is 11.8 Å². The first-order valence-electron chi connectivity index (χ1n) is 10.00. The zero-order valence-corrected chi connectivity index (χ0v) is 17.5. The van der Waals surface area contributed by atoms with Crippen molar-refractivity contribution >= 4 is 17.8 Å². The lowest BCUT2D eigenvalue weighted by Gasteiger charge is -2.48. The molecule has 0 saturated carbocycles. The normalized spacial score (nSPS) is 21.0. The van der Waals surface area contributed by atoms with Gasteiger partial charge in [0.1, 0.15) is 12.2 Å². The lowest BCUT2D eigenvalue weighted by atomic mass is 10.0. The molecule has 1 saturated heterocycles. The van der Waals surface area contributed by atoms with Crippen molar-refractivity contribution in [2.24, 2.45) is 0 Å². The summed E-state index contributed by atoms with van der Waals surface area (Å²) in [6.45, 7) is 2.88. The number of carboxylic acids is 1.